The van der Waals surface area contributed by atoms with Crippen LogP contribution in [0.1, 0.15) is 34.0 Å². The summed E-state index contributed by atoms with van der Waals surface area (Å²) in [5.41, 5.74) is 3.94. The van der Waals surface area contributed by atoms with Gasteiger partial charge in [-0.1, -0.05) is 54.1 Å². The maximum Gasteiger partial charge on any atom is 0.251 e. The van der Waals surface area contributed by atoms with E-state index in [9.17, 15) is 13.2 Å². The van der Waals surface area contributed by atoms with E-state index in [1.165, 1.54) is 10.6 Å². The number of sulfonamides is 1. The van der Waals surface area contributed by atoms with Gasteiger partial charge in [-0.2, -0.15) is 0 Å². The molecule has 0 atom stereocenters. The van der Waals surface area contributed by atoms with E-state index in [-0.39, 0.29) is 12.5 Å². The number of anilines is 1. The standard InChI is InChI=1S/C25H28N2O4S/c1-4-31-24-11-6-5-10-23(24)27(32(3,29)30)18-20-12-14-22(15-13-20)25(28)26-17-21-9-7-8-19(2)16-21/h5-16H,4,17-18H2,1-3H3,(H,26,28). The van der Waals surface area contributed by atoms with Crippen LogP contribution in [0, 0.1) is 6.92 Å². The molecule has 0 spiro atoms. The first-order valence-electron chi connectivity index (χ1n) is 10.4. The van der Waals surface area contributed by atoms with Crippen molar-refractivity contribution in [3.63, 3.8) is 0 Å². The molecule has 0 aliphatic heterocycles. The highest BCUT2D eigenvalue weighted by Crippen LogP contribution is 2.31. The molecule has 0 heterocycles. The molecule has 3 rings (SSSR count). The van der Waals surface area contributed by atoms with Crippen LogP contribution in [0.15, 0.2) is 72.8 Å². The third-order valence-electron chi connectivity index (χ3n) is 4.91. The van der Waals surface area contributed by atoms with Crippen LogP contribution in [0.5, 0.6) is 5.75 Å². The molecule has 7 heteroatoms. The van der Waals surface area contributed by atoms with Crippen LogP contribution in [0.4, 0.5) is 5.69 Å². The van der Waals surface area contributed by atoms with Crippen LogP contribution in [0.25, 0.3) is 0 Å². The molecule has 0 radical (unpaired) electrons. The summed E-state index contributed by atoms with van der Waals surface area (Å²) in [5, 5.41) is 2.91. The zero-order valence-corrected chi connectivity index (χ0v) is 19.4. The Morgan fingerprint density at radius 3 is 2.34 bits per heavy atom. The molecule has 6 nitrogen and oxygen atoms in total. The Hall–Kier alpha value is -3.32. The molecule has 0 aromatic heterocycles. The lowest BCUT2D eigenvalue weighted by molar-refractivity contribution is 0.0951. The lowest BCUT2D eigenvalue weighted by atomic mass is 10.1. The van der Waals surface area contributed by atoms with E-state index >= 15 is 0 Å². The Labute approximate surface area is 189 Å². The van der Waals surface area contributed by atoms with Gasteiger partial charge >= 0.3 is 0 Å². The van der Waals surface area contributed by atoms with Gasteiger partial charge in [-0.3, -0.25) is 9.10 Å². The molecule has 0 unspecified atom stereocenters. The summed E-state index contributed by atoms with van der Waals surface area (Å²) in [6.07, 6.45) is 1.17. The zero-order valence-electron chi connectivity index (χ0n) is 18.5. The Morgan fingerprint density at radius 1 is 0.969 bits per heavy atom. The van der Waals surface area contributed by atoms with E-state index in [2.05, 4.69) is 5.32 Å². The van der Waals surface area contributed by atoms with Crippen LogP contribution >= 0.6 is 0 Å². The fourth-order valence-electron chi connectivity index (χ4n) is 3.36. The number of aryl methyl sites for hydroxylation is 1. The first kappa shape index (κ1) is 23.3. The first-order chi connectivity index (χ1) is 15.3. The average molecular weight is 453 g/mol. The molecule has 3 aromatic carbocycles. The first-order valence-corrected chi connectivity index (χ1v) is 12.2. The van der Waals surface area contributed by atoms with Gasteiger partial charge in [-0.25, -0.2) is 8.42 Å². The lowest BCUT2D eigenvalue weighted by Gasteiger charge is -2.24. The maximum atomic E-state index is 12.5. The predicted molar refractivity (Wildman–Crippen MR) is 127 cm³/mol. The van der Waals surface area contributed by atoms with Crippen LogP contribution in [0.3, 0.4) is 0 Å². The highest BCUT2D eigenvalue weighted by molar-refractivity contribution is 7.92. The second-order valence-corrected chi connectivity index (χ2v) is 9.45. The quantitative estimate of drug-likeness (QED) is 0.526. The maximum absolute atomic E-state index is 12.5. The number of rotatable bonds is 9. The smallest absolute Gasteiger partial charge is 0.251 e. The Bertz CT molecular complexity index is 1170. The van der Waals surface area contributed by atoms with E-state index in [1.807, 2.05) is 38.1 Å². The molecule has 0 aliphatic rings. The number of hydrogen-bond acceptors (Lipinski definition) is 4. The van der Waals surface area contributed by atoms with Gasteiger partial charge in [0.25, 0.3) is 5.91 Å². The molecular formula is C25H28N2O4S. The number of carbonyl (C=O) groups excluding carboxylic acids is 1. The van der Waals surface area contributed by atoms with Crippen molar-refractivity contribution in [1.82, 2.24) is 5.32 Å². The minimum atomic E-state index is -3.55. The Morgan fingerprint density at radius 2 is 1.69 bits per heavy atom. The fourth-order valence-corrected chi connectivity index (χ4v) is 4.25. The van der Waals surface area contributed by atoms with Crippen molar-refractivity contribution in [3.8, 4) is 5.75 Å². The van der Waals surface area contributed by atoms with Crippen LogP contribution in [-0.2, 0) is 23.1 Å². The van der Waals surface area contributed by atoms with Gasteiger partial charge in [0.15, 0.2) is 0 Å². The molecule has 0 fully saturated rings. The van der Waals surface area contributed by atoms with Gasteiger partial charge in [-0.05, 0) is 49.2 Å². The van der Waals surface area contributed by atoms with E-state index in [1.54, 1.807) is 48.5 Å². The largest absolute Gasteiger partial charge is 0.492 e. The van der Waals surface area contributed by atoms with Gasteiger partial charge < -0.3 is 10.1 Å². The van der Waals surface area contributed by atoms with E-state index in [4.69, 9.17) is 4.74 Å². The Balaban J connectivity index is 1.73. The van der Waals surface area contributed by atoms with E-state index in [0.29, 0.717) is 30.2 Å². The van der Waals surface area contributed by atoms with Crippen LogP contribution in [0.2, 0.25) is 0 Å². The van der Waals surface area contributed by atoms with Crippen molar-refractivity contribution in [2.24, 2.45) is 0 Å². The molecule has 3 aromatic rings. The van der Waals surface area contributed by atoms with E-state index in [0.717, 1.165) is 16.7 Å². The van der Waals surface area contributed by atoms with Gasteiger partial charge in [0.2, 0.25) is 10.0 Å². The number of nitrogens with zero attached hydrogens (tertiary/aromatic N) is 1. The molecule has 0 saturated carbocycles. The van der Waals surface area contributed by atoms with Gasteiger partial charge in [0, 0.05) is 12.1 Å². The number of ether oxygens (including phenoxy) is 1. The molecule has 1 N–H and O–H groups in total. The zero-order chi connectivity index (χ0) is 23.1. The third kappa shape index (κ3) is 6.11. The number of benzene rings is 3. The highest BCUT2D eigenvalue weighted by Gasteiger charge is 2.21. The summed E-state index contributed by atoms with van der Waals surface area (Å²) >= 11 is 0. The predicted octanol–water partition coefficient (Wildman–Crippen LogP) is 4.29. The van der Waals surface area contributed by atoms with Crippen molar-refractivity contribution < 1.29 is 17.9 Å². The van der Waals surface area contributed by atoms with Crippen molar-refractivity contribution in [2.75, 3.05) is 17.2 Å². The second-order valence-electron chi connectivity index (χ2n) is 7.54. The van der Waals surface area contributed by atoms with Crippen molar-refractivity contribution >= 4 is 21.6 Å². The summed E-state index contributed by atoms with van der Waals surface area (Å²) in [6, 6.07) is 22.0. The SMILES string of the molecule is CCOc1ccccc1N(Cc1ccc(C(=O)NCc2cccc(C)c2)cc1)S(C)(=O)=O. The Kier molecular flexibility index (Phi) is 7.53. The molecule has 0 saturated heterocycles. The van der Waals surface area contributed by atoms with Crippen LogP contribution in [-0.4, -0.2) is 27.2 Å². The third-order valence-corrected chi connectivity index (χ3v) is 6.04. The average Bonchev–Trinajstić information content (AvgIpc) is 2.76. The molecule has 1 amide bonds. The number of para-hydroxylation sites is 2. The summed E-state index contributed by atoms with van der Waals surface area (Å²) in [7, 11) is -3.55. The van der Waals surface area contributed by atoms with Crippen molar-refractivity contribution in [3.05, 3.63) is 95.1 Å². The molecule has 0 bridgehead atoms. The molecule has 0 aliphatic carbocycles. The summed E-state index contributed by atoms with van der Waals surface area (Å²) in [5.74, 6) is 0.326. The van der Waals surface area contributed by atoms with Crippen molar-refractivity contribution in [2.45, 2.75) is 26.9 Å². The second kappa shape index (κ2) is 10.3. The minimum absolute atomic E-state index is 0.133. The number of nitrogens with one attached hydrogen (secondary N) is 1. The summed E-state index contributed by atoms with van der Waals surface area (Å²) < 4.78 is 32.0. The van der Waals surface area contributed by atoms with Crippen LogP contribution < -0.4 is 14.4 Å². The number of hydrogen-bond donors (Lipinski definition) is 1. The lowest BCUT2D eigenvalue weighted by Crippen LogP contribution is -2.29. The van der Waals surface area contributed by atoms with Gasteiger partial charge in [0.1, 0.15) is 5.75 Å². The molecular weight excluding hydrogens is 424 g/mol. The normalized spacial score (nSPS) is 11.1. The molecule has 32 heavy (non-hydrogen) atoms. The van der Waals surface area contributed by atoms with Gasteiger partial charge in [0.05, 0.1) is 25.1 Å². The topological polar surface area (TPSA) is 75.7 Å². The van der Waals surface area contributed by atoms with Crippen molar-refractivity contribution in [1.29, 1.82) is 0 Å². The molecule has 168 valence electrons. The highest BCUT2D eigenvalue weighted by atomic mass is 32.2. The van der Waals surface area contributed by atoms with E-state index < -0.39 is 10.0 Å². The minimum Gasteiger partial charge on any atom is -0.492 e. The monoisotopic (exact) mass is 452 g/mol. The van der Waals surface area contributed by atoms with Gasteiger partial charge in [-0.15, -0.1) is 0 Å². The summed E-state index contributed by atoms with van der Waals surface area (Å²) in [6.45, 7) is 4.87. The summed E-state index contributed by atoms with van der Waals surface area (Å²) in [4.78, 5) is 12.5. The fraction of sp³-hybridized carbons (Fsp3) is 0.240. The number of carbonyl (C=O) groups is 1. The number of amides is 1.